The summed E-state index contributed by atoms with van der Waals surface area (Å²) in [6.07, 6.45) is 1.29. The summed E-state index contributed by atoms with van der Waals surface area (Å²) in [5.41, 5.74) is 2.42. The Morgan fingerprint density at radius 1 is 1.21 bits per heavy atom. The van der Waals surface area contributed by atoms with Gasteiger partial charge in [-0.3, -0.25) is 14.2 Å². The molecule has 0 aliphatic carbocycles. The van der Waals surface area contributed by atoms with E-state index in [9.17, 15) is 18.8 Å². The molecule has 144 valence electrons. The van der Waals surface area contributed by atoms with E-state index in [2.05, 4.69) is 10.6 Å². The second-order valence-corrected chi connectivity index (χ2v) is 6.68. The molecule has 4 rings (SSSR count). The minimum atomic E-state index is -0.541. The van der Waals surface area contributed by atoms with E-state index in [0.29, 0.717) is 48.2 Å². The molecule has 3 aromatic rings. The van der Waals surface area contributed by atoms with Crippen molar-refractivity contribution in [2.45, 2.75) is 32.2 Å². The molecule has 2 N–H and O–H groups in total. The van der Waals surface area contributed by atoms with Crippen LogP contribution in [0, 0.1) is 5.82 Å². The molecule has 0 atom stereocenters. The van der Waals surface area contributed by atoms with E-state index in [1.807, 2.05) is 0 Å². The quantitative estimate of drug-likeness (QED) is 0.708. The number of nitrogens with zero attached hydrogens (tertiary/aromatic N) is 1. The summed E-state index contributed by atoms with van der Waals surface area (Å²) >= 11 is 0. The molecule has 1 aliphatic heterocycles. The molecule has 1 aliphatic rings. The minimum absolute atomic E-state index is 0.0249. The van der Waals surface area contributed by atoms with Gasteiger partial charge < -0.3 is 15.1 Å². The van der Waals surface area contributed by atoms with Crippen molar-refractivity contribution < 1.29 is 18.4 Å². The number of amides is 2. The number of anilines is 2. The lowest BCUT2D eigenvalue weighted by atomic mass is 10.0. The molecule has 1 aromatic heterocycles. The zero-order valence-electron chi connectivity index (χ0n) is 15.0. The Morgan fingerprint density at radius 2 is 2.04 bits per heavy atom. The topological polar surface area (TPSA) is 93.3 Å². The van der Waals surface area contributed by atoms with Gasteiger partial charge in [-0.15, -0.1) is 0 Å². The van der Waals surface area contributed by atoms with Crippen molar-refractivity contribution in [2.24, 2.45) is 0 Å². The first-order valence-corrected chi connectivity index (χ1v) is 9.02. The summed E-state index contributed by atoms with van der Waals surface area (Å²) in [6, 6.07) is 9.83. The lowest BCUT2D eigenvalue weighted by Crippen LogP contribution is -2.20. The maximum Gasteiger partial charge on any atom is 0.419 e. The van der Waals surface area contributed by atoms with Gasteiger partial charge in [0.2, 0.25) is 11.8 Å². The van der Waals surface area contributed by atoms with Crippen LogP contribution in [-0.2, 0) is 22.6 Å². The molecule has 0 saturated heterocycles. The molecular formula is C20H18FN3O4. The summed E-state index contributed by atoms with van der Waals surface area (Å²) < 4.78 is 20.8. The van der Waals surface area contributed by atoms with Gasteiger partial charge in [0.15, 0.2) is 5.58 Å². The number of carbonyl (C=O) groups excluding carboxylic acids is 2. The van der Waals surface area contributed by atoms with Crippen LogP contribution in [0.1, 0.15) is 24.8 Å². The summed E-state index contributed by atoms with van der Waals surface area (Å²) in [5.74, 6) is -1.52. The Labute approximate surface area is 159 Å². The second kappa shape index (κ2) is 7.30. The lowest BCUT2D eigenvalue weighted by Gasteiger charge is -2.18. The number of nitrogens with one attached hydrogen (secondary N) is 2. The Morgan fingerprint density at radius 3 is 2.89 bits per heavy atom. The molecule has 7 nitrogen and oxygen atoms in total. The van der Waals surface area contributed by atoms with E-state index in [-0.39, 0.29) is 23.9 Å². The Hall–Kier alpha value is -3.42. The molecular weight excluding hydrogens is 365 g/mol. The van der Waals surface area contributed by atoms with Crippen LogP contribution in [0.2, 0.25) is 0 Å². The van der Waals surface area contributed by atoms with Crippen LogP contribution in [-0.4, -0.2) is 16.4 Å². The fourth-order valence-corrected chi connectivity index (χ4v) is 3.33. The number of benzene rings is 2. The van der Waals surface area contributed by atoms with Crippen LogP contribution in [0.15, 0.2) is 45.6 Å². The van der Waals surface area contributed by atoms with Gasteiger partial charge in [-0.05, 0) is 42.7 Å². The van der Waals surface area contributed by atoms with Gasteiger partial charge in [-0.1, -0.05) is 12.1 Å². The van der Waals surface area contributed by atoms with Crippen LogP contribution < -0.4 is 16.4 Å². The van der Waals surface area contributed by atoms with Gasteiger partial charge in [0.25, 0.3) is 0 Å². The van der Waals surface area contributed by atoms with E-state index in [4.69, 9.17) is 4.42 Å². The van der Waals surface area contributed by atoms with Crippen molar-refractivity contribution >= 4 is 34.3 Å². The average Bonchev–Trinajstić information content (AvgIpc) is 2.98. The highest BCUT2D eigenvalue weighted by atomic mass is 19.1. The van der Waals surface area contributed by atoms with Gasteiger partial charge in [0.05, 0.1) is 11.2 Å². The molecule has 0 radical (unpaired) electrons. The van der Waals surface area contributed by atoms with Gasteiger partial charge in [-0.25, -0.2) is 9.18 Å². The van der Waals surface area contributed by atoms with Crippen molar-refractivity contribution in [2.75, 3.05) is 10.6 Å². The van der Waals surface area contributed by atoms with Crippen LogP contribution in [0.3, 0.4) is 0 Å². The number of aryl methyl sites for hydroxylation is 2. The van der Waals surface area contributed by atoms with E-state index in [1.54, 1.807) is 24.3 Å². The number of aromatic nitrogens is 1. The van der Waals surface area contributed by atoms with Gasteiger partial charge in [-0.2, -0.15) is 0 Å². The van der Waals surface area contributed by atoms with Crippen LogP contribution in [0.5, 0.6) is 0 Å². The smallest absolute Gasteiger partial charge is 0.408 e. The molecule has 0 saturated carbocycles. The predicted molar refractivity (Wildman–Crippen MR) is 102 cm³/mol. The van der Waals surface area contributed by atoms with E-state index < -0.39 is 11.6 Å². The summed E-state index contributed by atoms with van der Waals surface area (Å²) in [5, 5.41) is 5.21. The van der Waals surface area contributed by atoms with Gasteiger partial charge in [0.1, 0.15) is 5.82 Å². The highest BCUT2D eigenvalue weighted by Gasteiger charge is 2.18. The fraction of sp³-hybridized carbons (Fsp3) is 0.250. The van der Waals surface area contributed by atoms with Crippen LogP contribution in [0.25, 0.3) is 11.1 Å². The van der Waals surface area contributed by atoms with Crippen molar-refractivity contribution in [1.82, 2.24) is 4.57 Å². The van der Waals surface area contributed by atoms with E-state index in [1.165, 1.54) is 16.7 Å². The number of rotatable bonds is 5. The summed E-state index contributed by atoms with van der Waals surface area (Å²) in [4.78, 5) is 35.6. The summed E-state index contributed by atoms with van der Waals surface area (Å²) in [6.45, 7) is 0.312. The highest BCUT2D eigenvalue weighted by molar-refractivity contribution is 5.96. The number of hydrogen-bond acceptors (Lipinski definition) is 4. The number of fused-ring (bicyclic) bond motifs is 2. The zero-order chi connectivity index (χ0) is 19.7. The maximum atomic E-state index is 14.2. The Bertz CT molecular complexity index is 1130. The molecule has 2 amide bonds. The van der Waals surface area contributed by atoms with Crippen molar-refractivity contribution in [3.8, 4) is 0 Å². The normalized spacial score (nSPS) is 13.2. The minimum Gasteiger partial charge on any atom is -0.408 e. The third-order valence-electron chi connectivity index (χ3n) is 4.72. The summed E-state index contributed by atoms with van der Waals surface area (Å²) in [7, 11) is 0. The largest absolute Gasteiger partial charge is 0.419 e. The predicted octanol–water partition coefficient (Wildman–Crippen LogP) is 3.04. The average molecular weight is 383 g/mol. The number of oxazole rings is 1. The first-order valence-electron chi connectivity index (χ1n) is 9.02. The Kier molecular flexibility index (Phi) is 4.68. The molecule has 0 unspecified atom stereocenters. The highest BCUT2D eigenvalue weighted by Crippen LogP contribution is 2.28. The van der Waals surface area contributed by atoms with Crippen LogP contribution >= 0.6 is 0 Å². The lowest BCUT2D eigenvalue weighted by molar-refractivity contribution is -0.117. The van der Waals surface area contributed by atoms with Crippen molar-refractivity contribution in [3.63, 3.8) is 0 Å². The van der Waals surface area contributed by atoms with Gasteiger partial charge in [0, 0.05) is 25.1 Å². The SMILES string of the molecule is O=C(CCCn1c(=O)oc2ccccc21)Nc1cc2c(cc1F)CCC(=O)N2. The Balaban J connectivity index is 1.40. The molecule has 2 heterocycles. The number of carbonyl (C=O) groups is 2. The molecule has 28 heavy (non-hydrogen) atoms. The number of halogens is 1. The first-order chi connectivity index (χ1) is 13.5. The van der Waals surface area contributed by atoms with Crippen LogP contribution in [0.4, 0.5) is 15.8 Å². The maximum absolute atomic E-state index is 14.2. The molecule has 0 fully saturated rings. The third kappa shape index (κ3) is 3.53. The van der Waals surface area contributed by atoms with E-state index in [0.717, 1.165) is 0 Å². The fourth-order valence-electron chi connectivity index (χ4n) is 3.33. The first kappa shape index (κ1) is 18.0. The zero-order valence-corrected chi connectivity index (χ0v) is 15.0. The van der Waals surface area contributed by atoms with E-state index >= 15 is 0 Å². The molecule has 2 aromatic carbocycles. The van der Waals surface area contributed by atoms with Crippen molar-refractivity contribution in [1.29, 1.82) is 0 Å². The molecule has 8 heteroatoms. The second-order valence-electron chi connectivity index (χ2n) is 6.68. The number of para-hydroxylation sites is 2. The molecule has 0 bridgehead atoms. The van der Waals surface area contributed by atoms with Crippen molar-refractivity contribution in [3.05, 3.63) is 58.3 Å². The standard InChI is InChI=1S/C20H18FN3O4/c21-13-10-12-7-8-19(26)22-14(12)11-15(13)23-18(25)6-3-9-24-16-4-1-2-5-17(16)28-20(24)27/h1-2,4-5,10-11H,3,6-9H2,(H,22,26)(H,23,25). The third-order valence-corrected chi connectivity index (χ3v) is 4.72. The molecule has 0 spiro atoms. The number of hydrogen-bond donors (Lipinski definition) is 2. The monoisotopic (exact) mass is 383 g/mol. The van der Waals surface area contributed by atoms with Gasteiger partial charge >= 0.3 is 5.76 Å².